The summed E-state index contributed by atoms with van der Waals surface area (Å²) in [4.78, 5) is 147. The number of pyridine rings is 2. The van der Waals surface area contributed by atoms with Crippen LogP contribution in [0, 0.1) is 10.1 Å². The van der Waals surface area contributed by atoms with Crippen LogP contribution in [0.1, 0.15) is 53.7 Å². The van der Waals surface area contributed by atoms with Crippen molar-refractivity contribution in [3.63, 3.8) is 0 Å². The molecule has 21 rings (SSSR count). The molecule has 14 aromatic rings. The van der Waals surface area contributed by atoms with Crippen molar-refractivity contribution in [3.05, 3.63) is 271 Å². The van der Waals surface area contributed by atoms with Crippen LogP contribution in [-0.2, 0) is 69.4 Å². The van der Waals surface area contributed by atoms with Crippen molar-refractivity contribution in [2.45, 2.75) is 59.5 Å². The third kappa shape index (κ3) is 25.5. The molecule has 0 unspecified atom stereocenters. The molecule has 5 amide bonds. The third-order valence-corrected chi connectivity index (χ3v) is 23.0. The maximum Gasteiger partial charge on any atom is 0.414 e. The van der Waals surface area contributed by atoms with Crippen LogP contribution in [-0.4, -0.2) is 248 Å². The highest BCUT2D eigenvalue weighted by Gasteiger charge is 2.32. The van der Waals surface area contributed by atoms with Gasteiger partial charge in [-0.15, -0.1) is 0 Å². The lowest BCUT2D eigenvalue weighted by atomic mass is 10.1. The number of nitro groups is 1. The zero-order chi connectivity index (χ0) is 97.5. The van der Waals surface area contributed by atoms with E-state index in [4.69, 9.17) is 28.4 Å². The molecule has 10 N–H and O–H groups in total. The van der Waals surface area contributed by atoms with Gasteiger partial charge in [-0.25, -0.2) is 59.0 Å². The predicted octanol–water partition coefficient (Wildman–Crippen LogP) is 12.6. The van der Waals surface area contributed by atoms with Gasteiger partial charge in [-0.3, -0.25) is 25.2 Å². The molecule has 45 nitrogen and oxygen atoms in total. The van der Waals surface area contributed by atoms with Crippen molar-refractivity contribution in [2.24, 2.45) is 0 Å². The van der Waals surface area contributed by atoms with Crippen molar-refractivity contribution in [1.82, 2.24) is 79.7 Å². The number of methoxy groups -OCH3 is 4. The number of imidazole rings is 7. The summed E-state index contributed by atoms with van der Waals surface area (Å²) in [5, 5.41) is 19.4. The number of nitrogens with zero attached hydrogens (tertiary/aromatic N) is 20. The Morgan fingerprint density at radius 1 is 0.414 bits per heavy atom. The first-order valence-electron chi connectivity index (χ1n) is 45.2. The molecule has 7 aliphatic rings. The molecule has 7 aliphatic heterocycles. The second-order valence-electron chi connectivity index (χ2n) is 32.0. The summed E-state index contributed by atoms with van der Waals surface area (Å²) in [5.74, 6) is 4.41. The molecule has 0 spiro atoms. The van der Waals surface area contributed by atoms with E-state index in [1.807, 2.05) is 121 Å². The predicted molar refractivity (Wildman–Crippen MR) is 525 cm³/mol. The van der Waals surface area contributed by atoms with Gasteiger partial charge in [-0.05, 0) is 108 Å². The number of H-pyrrole nitrogens is 7. The number of carbonyl (C=O) groups excluding carboxylic acids is 5. The Morgan fingerprint density at radius 2 is 0.829 bits per heavy atom. The van der Waals surface area contributed by atoms with E-state index in [9.17, 15) is 34.1 Å². The summed E-state index contributed by atoms with van der Waals surface area (Å²) in [6, 6.07) is 42.0. The maximum absolute atomic E-state index is 11.9. The van der Waals surface area contributed by atoms with Crippen molar-refractivity contribution in [1.29, 1.82) is 0 Å². The van der Waals surface area contributed by atoms with E-state index >= 15 is 0 Å². The van der Waals surface area contributed by atoms with Crippen molar-refractivity contribution in [2.75, 3.05) is 198 Å². The van der Waals surface area contributed by atoms with Gasteiger partial charge in [0.25, 0.3) is 5.82 Å². The first kappa shape index (κ1) is 97.0. The quantitative estimate of drug-likeness (QED) is 0.0192. The molecule has 0 bridgehead atoms. The van der Waals surface area contributed by atoms with E-state index in [1.165, 1.54) is 45.9 Å². The van der Waals surface area contributed by atoms with Gasteiger partial charge in [0.15, 0.2) is 17.3 Å². The largest absolute Gasteiger partial charge is 0.490 e. The molecular weight excluding hydrogens is 1800 g/mol. The highest BCUT2D eigenvalue weighted by Crippen LogP contribution is 2.41. The monoisotopic (exact) mass is 1910 g/mol. The second kappa shape index (κ2) is 48.1. The normalized spacial score (nSPS) is 13.7. The van der Waals surface area contributed by atoms with E-state index in [1.54, 1.807) is 97.7 Å². The molecule has 16 heterocycles. The van der Waals surface area contributed by atoms with Crippen LogP contribution in [0.25, 0.3) is 0 Å². The number of anilines is 13. The second-order valence-corrected chi connectivity index (χ2v) is 32.0. The highest BCUT2D eigenvalue weighted by atomic mass is 16.6. The molecule has 730 valence electrons. The minimum atomic E-state index is -0.556. The Bertz CT molecular complexity index is 6300. The van der Waals surface area contributed by atoms with Gasteiger partial charge in [0, 0.05) is 132 Å². The number of aromatic nitrogens is 16. The third-order valence-electron chi connectivity index (χ3n) is 23.0. The standard InChI is InChI=1S/C16H20N4O3.C15H18N4O3.C14H16N4O2.C14H16N4O.C13H15N5O3.C12H14N4.C11H11N5O3/c1-3-20(16(21)22-2)13-4-5-15-14(8-13)19(6-7-23-15)10-12-9-17-11-18-12;1-21-15(20)18-11-2-3-14-13(8-11)19(6-7-22-14)5-4-12-9-16-10-17-12;1-20-14(19)18-7-6-17(9-11-8-15-10-16-11)12-4-2-3-5-13(12)18;1-11(19)18-7-6-17(9-12-8-15-10-16-12)13-4-2-3-5-14(13)18;1-20-13(19)17-11-3-2-10-12(16-11)18(4-5-21-10)7-9-6-14-8-15-9;1-2-4-12-11(3-1)14-5-6-16(12)8-10-7-13-9-15-10;17-16(18)10-2-1-9-11(14-10)15(3-4-19-9)6-8-5-12-7-13-8/h4-5,8-9,11H,3,6-7,10H2,1-2H3,(H,17,18);2-3,8-10H,4-7H2,1H3,(H,16,17)(H,18,20);2-5,8,10H,6-7,9H2,1H3,(H,15,16);2-5,8,10H,6-7,9H2,1H3,(H,15,16);2-3,6,8H,4-5,7H2,1H3,(H,14,15)(H,16,17,19);1-4,7,9,14H,5-6,8H2,(H,13,15);1-2,5,7H,3-4,6H2,(H,12,13). The number of amides is 5. The molecule has 0 fully saturated rings. The fourth-order valence-corrected chi connectivity index (χ4v) is 16.2. The lowest BCUT2D eigenvalue weighted by molar-refractivity contribution is -0.389. The van der Waals surface area contributed by atoms with Crippen LogP contribution >= 0.6 is 0 Å². The van der Waals surface area contributed by atoms with Crippen molar-refractivity contribution >= 4 is 110 Å². The molecule has 45 heteroatoms. The minimum Gasteiger partial charge on any atom is -0.490 e. The number of para-hydroxylation sites is 6. The number of aromatic amines is 7. The van der Waals surface area contributed by atoms with Crippen LogP contribution in [0.15, 0.2) is 221 Å². The van der Waals surface area contributed by atoms with Crippen LogP contribution in [0.4, 0.5) is 99.3 Å². The molecule has 0 radical (unpaired) electrons. The number of benzene rings is 5. The molecule has 9 aromatic heterocycles. The van der Waals surface area contributed by atoms with Gasteiger partial charge < -0.3 is 127 Å². The Labute approximate surface area is 805 Å². The Balaban J connectivity index is 0.000000124. The van der Waals surface area contributed by atoms with E-state index in [0.29, 0.717) is 107 Å². The SMILES string of the molecule is CC(=O)N1CCN(Cc2cnc[nH]2)c2ccccc21.CCN(C(=O)OC)c1ccc2c(c1)N(Cc1cnc[nH]1)CCO2.COC(=O)N1CCN(Cc2cnc[nH]2)c2ccccc21.COC(=O)Nc1ccc2c(c1)N(CCc1cnc[nH]1)CCO2.COC(=O)Nc1ccc2c(n1)N(Cc1cnc[nH]1)CCO2.O=[N+]([O-])c1ccc2c(n1)N(Cc1cnc[nH]1)CCO2.c1ccc2c(c1)NCCN2Cc1cnc[nH]1. The van der Waals surface area contributed by atoms with E-state index in [-0.39, 0.29) is 23.9 Å². The number of hydrogen-bond donors (Lipinski definition) is 10. The fraction of sp³-hybridized carbons (Fsp3) is 0.305. The van der Waals surface area contributed by atoms with Crippen LogP contribution in [0.2, 0.25) is 0 Å². The summed E-state index contributed by atoms with van der Waals surface area (Å²) in [5.41, 5.74) is 17.2. The highest BCUT2D eigenvalue weighted by molar-refractivity contribution is 5.97. The van der Waals surface area contributed by atoms with Gasteiger partial charge in [-0.1, -0.05) is 36.4 Å². The summed E-state index contributed by atoms with van der Waals surface area (Å²) in [6.07, 6.45) is 23.5. The van der Waals surface area contributed by atoms with E-state index < -0.39 is 17.1 Å². The first-order valence-corrected chi connectivity index (χ1v) is 45.2. The smallest absolute Gasteiger partial charge is 0.414 e. The van der Waals surface area contributed by atoms with Crippen molar-refractivity contribution < 1.29 is 66.8 Å². The molecule has 0 aliphatic carbocycles. The summed E-state index contributed by atoms with van der Waals surface area (Å²) >= 11 is 0. The van der Waals surface area contributed by atoms with Crippen LogP contribution in [0.3, 0.4) is 0 Å². The lowest BCUT2D eigenvalue weighted by Gasteiger charge is -2.37. The molecule has 5 aromatic carbocycles. The summed E-state index contributed by atoms with van der Waals surface area (Å²) in [6.45, 7) is 19.5. The van der Waals surface area contributed by atoms with Gasteiger partial charge in [0.2, 0.25) is 5.91 Å². The van der Waals surface area contributed by atoms with E-state index in [0.717, 1.165) is 170 Å². The Morgan fingerprint density at radius 3 is 1.31 bits per heavy atom. The minimum absolute atomic E-state index is 0.0913. The number of fused-ring (bicyclic) bond motifs is 7. The Kier molecular flexibility index (Phi) is 33.3. The zero-order valence-corrected chi connectivity index (χ0v) is 78.1. The number of carbonyl (C=O) groups is 5. The van der Waals surface area contributed by atoms with Gasteiger partial charge >= 0.3 is 30.2 Å². The van der Waals surface area contributed by atoms with E-state index in [2.05, 4.69) is 165 Å². The van der Waals surface area contributed by atoms with Crippen molar-refractivity contribution in [3.8, 4) is 23.0 Å². The topological polar surface area (TPSA) is 497 Å². The average molecular weight is 1910 g/mol. The van der Waals surface area contributed by atoms with Gasteiger partial charge in [0.1, 0.15) is 43.7 Å². The molecule has 140 heavy (non-hydrogen) atoms. The number of hydrogen-bond acceptors (Lipinski definition) is 32. The lowest BCUT2D eigenvalue weighted by Crippen LogP contribution is -2.43. The summed E-state index contributed by atoms with van der Waals surface area (Å²) < 4.78 is 41.3. The molecule has 0 saturated heterocycles. The number of ether oxygens (including phenoxy) is 8. The fourth-order valence-electron chi connectivity index (χ4n) is 16.2. The zero-order valence-electron chi connectivity index (χ0n) is 78.1. The maximum atomic E-state index is 11.9. The summed E-state index contributed by atoms with van der Waals surface area (Å²) in [7, 11) is 5.44. The van der Waals surface area contributed by atoms with Crippen LogP contribution in [0.5, 0.6) is 23.0 Å². The number of rotatable bonds is 20. The average Bonchev–Trinajstić information content (AvgIpc) is 1.36. The number of nitrogens with one attached hydrogen (secondary N) is 10. The molecular formula is C95H110N30O15. The van der Waals surface area contributed by atoms with Crippen LogP contribution < -0.4 is 83.9 Å². The Hall–Kier alpha value is -17.6. The molecule has 0 atom stereocenters. The first-order chi connectivity index (χ1) is 68.5. The van der Waals surface area contributed by atoms with Gasteiger partial charge in [-0.2, -0.15) is 0 Å². The van der Waals surface area contributed by atoms with Gasteiger partial charge in [0.05, 0.1) is 218 Å². The molecule has 0 saturated carbocycles.